The van der Waals surface area contributed by atoms with E-state index in [9.17, 15) is 34.5 Å². The molecule has 0 bridgehead atoms. The first-order chi connectivity index (χ1) is 31.6. The maximum atomic E-state index is 13.7. The molecule has 0 radical (unpaired) electrons. The van der Waals surface area contributed by atoms with Gasteiger partial charge in [-0.2, -0.15) is 0 Å². The average molecular weight is 896 g/mol. The molecule has 16 heteroatoms. The Morgan fingerprint density at radius 2 is 1.79 bits per heavy atom. The molecule has 3 aromatic carbocycles. The number of urea groups is 1. The average Bonchev–Trinajstić information content (AvgIpc) is 3.87. The fraction of sp³-hybridized carbons (Fsp3) is 0.360. The summed E-state index contributed by atoms with van der Waals surface area (Å²) in [5.74, 6) is -0.740. The predicted octanol–water partition coefficient (Wildman–Crippen LogP) is 7.73. The third kappa shape index (κ3) is 7.48. The number of amides is 3. The number of hydrogen-bond donors (Lipinski definition) is 5. The van der Waals surface area contributed by atoms with E-state index in [2.05, 4.69) is 4.57 Å². The van der Waals surface area contributed by atoms with Crippen LogP contribution in [0, 0.1) is 11.3 Å². The number of nitrogens with one attached hydrogen (secondary N) is 1. The second-order valence-corrected chi connectivity index (χ2v) is 17.9. The summed E-state index contributed by atoms with van der Waals surface area (Å²) in [6.07, 6.45) is 5.88. The lowest BCUT2D eigenvalue weighted by Gasteiger charge is -2.31. The molecule has 16 nitrogen and oxygen atoms in total. The lowest BCUT2D eigenvalue weighted by atomic mass is 9.86. The molecule has 6 heterocycles. The Morgan fingerprint density at radius 1 is 1.02 bits per heavy atom. The van der Waals surface area contributed by atoms with Crippen LogP contribution in [0.1, 0.15) is 99.1 Å². The van der Waals surface area contributed by atoms with Gasteiger partial charge in [-0.05, 0) is 116 Å². The molecule has 6 N–H and O–H groups in total. The van der Waals surface area contributed by atoms with Gasteiger partial charge in [-0.3, -0.25) is 10.2 Å². The number of carbonyl (C=O) groups excluding carboxylic acids is 3. The number of primary amides is 1. The molecule has 6 aromatic rings. The van der Waals surface area contributed by atoms with E-state index >= 15 is 0 Å². The standard InChI is InChI=1S/C50H53N7O9/c1-5-32-34-21-31(10-11-39(34)53-44-36(32)25-56-41(44)23-38-37(46(56)60)26-65-47(61)50(38,64)6-2)66-49(63)55-17-13-28(14-18-55)8-7-16-54-19-15-29-20-30(9-12-40(29)54)57(48(52)62)45(51)35-22-33(27(3)4)42(58)24-43(35)59/h9-12,15,19-24,27-28,51,58-59,64H,5-8,13-14,16-18,25-26H2,1-4H3,(H2,52,62). The number of aromatic nitrogens is 3. The molecule has 9 rings (SSSR count). The van der Waals surface area contributed by atoms with Gasteiger partial charge in [0, 0.05) is 59.3 Å². The summed E-state index contributed by atoms with van der Waals surface area (Å²) in [5.41, 5.74) is 9.73. The number of phenolic OH excluding ortho intramolecular Hbond substituents is 2. The summed E-state index contributed by atoms with van der Waals surface area (Å²) in [6.45, 7) is 9.47. The third-order valence-corrected chi connectivity index (χ3v) is 13.7. The first-order valence-electron chi connectivity index (χ1n) is 22.5. The zero-order valence-electron chi connectivity index (χ0n) is 37.4. The van der Waals surface area contributed by atoms with Gasteiger partial charge in [0.05, 0.1) is 40.3 Å². The fourth-order valence-corrected chi connectivity index (χ4v) is 9.98. The number of phenols is 2. The number of aliphatic hydroxyl groups is 1. The van der Waals surface area contributed by atoms with Crippen molar-refractivity contribution in [3.05, 3.63) is 111 Å². The maximum Gasteiger partial charge on any atom is 0.415 e. The summed E-state index contributed by atoms with van der Waals surface area (Å²) in [7, 11) is 0. The van der Waals surface area contributed by atoms with E-state index in [0.717, 1.165) is 64.5 Å². The predicted molar refractivity (Wildman–Crippen MR) is 248 cm³/mol. The van der Waals surface area contributed by atoms with Gasteiger partial charge in [0.1, 0.15) is 29.7 Å². The number of piperidine rings is 1. The maximum absolute atomic E-state index is 13.7. The number of anilines is 1. The van der Waals surface area contributed by atoms with Gasteiger partial charge < -0.3 is 44.6 Å². The molecule has 0 saturated carbocycles. The fourth-order valence-electron chi connectivity index (χ4n) is 9.98. The minimum absolute atomic E-state index is 0.0620. The number of aryl methyl sites for hydroxylation is 2. The molecule has 1 unspecified atom stereocenters. The highest BCUT2D eigenvalue weighted by molar-refractivity contribution is 6.22. The quantitative estimate of drug-likeness (QED) is 0.0510. The van der Waals surface area contributed by atoms with Gasteiger partial charge >= 0.3 is 18.1 Å². The Hall–Kier alpha value is -7.20. The zero-order valence-corrected chi connectivity index (χ0v) is 37.4. The molecule has 0 aliphatic carbocycles. The second kappa shape index (κ2) is 17.0. The third-order valence-electron chi connectivity index (χ3n) is 13.7. The van der Waals surface area contributed by atoms with Crippen molar-refractivity contribution in [1.29, 1.82) is 5.41 Å². The van der Waals surface area contributed by atoms with Crippen molar-refractivity contribution in [2.75, 3.05) is 18.0 Å². The zero-order chi connectivity index (χ0) is 46.8. The molecular weight excluding hydrogens is 843 g/mol. The minimum atomic E-state index is -1.91. The number of fused-ring (bicyclic) bond motifs is 6. The number of rotatable bonds is 10. The van der Waals surface area contributed by atoms with E-state index in [-0.39, 0.29) is 65.1 Å². The van der Waals surface area contributed by atoms with Crippen LogP contribution < -0.4 is 20.9 Å². The molecule has 1 saturated heterocycles. The normalized spacial score (nSPS) is 16.9. The summed E-state index contributed by atoms with van der Waals surface area (Å²) in [6, 6.07) is 16.2. The SMILES string of the molecule is CCc1c2c(nc3ccc(OC(=O)N4CCC(CCCn5ccc6cc(N(C(=N)c7cc(C(C)C)c(O)cc7O)C(N)=O)ccc65)CC4)cc13)-c1cc3c(c(=O)n1C2)COC(=O)C3(O)CC. The number of pyridine rings is 2. The summed E-state index contributed by atoms with van der Waals surface area (Å²) in [5, 5.41) is 42.7. The van der Waals surface area contributed by atoms with Gasteiger partial charge in [0.2, 0.25) is 0 Å². The number of ether oxygens (including phenoxy) is 2. The molecule has 342 valence electrons. The van der Waals surface area contributed by atoms with E-state index in [4.69, 9.17) is 25.6 Å². The number of benzene rings is 3. The number of cyclic esters (lactones) is 1. The highest BCUT2D eigenvalue weighted by atomic mass is 16.6. The van der Waals surface area contributed by atoms with Gasteiger partial charge in [0.15, 0.2) is 5.60 Å². The molecule has 1 atom stereocenters. The highest BCUT2D eigenvalue weighted by Crippen LogP contribution is 2.41. The number of nitrogens with two attached hydrogens (primary N) is 1. The van der Waals surface area contributed by atoms with Crippen LogP contribution in [0.15, 0.2) is 71.7 Å². The number of hydrogen-bond acceptors (Lipinski definition) is 11. The Kier molecular flexibility index (Phi) is 11.3. The lowest BCUT2D eigenvalue weighted by molar-refractivity contribution is -0.172. The van der Waals surface area contributed by atoms with Crippen LogP contribution >= 0.6 is 0 Å². The van der Waals surface area contributed by atoms with E-state index in [1.54, 1.807) is 40.7 Å². The van der Waals surface area contributed by atoms with Gasteiger partial charge in [-0.15, -0.1) is 0 Å². The summed E-state index contributed by atoms with van der Waals surface area (Å²) < 4.78 is 14.9. The van der Waals surface area contributed by atoms with E-state index in [0.29, 0.717) is 59.3 Å². The van der Waals surface area contributed by atoms with Crippen LogP contribution in [0.5, 0.6) is 17.2 Å². The van der Waals surface area contributed by atoms with Crippen molar-refractivity contribution in [2.24, 2.45) is 11.7 Å². The molecule has 3 aromatic heterocycles. The molecular formula is C50H53N7O9. The van der Waals surface area contributed by atoms with Gasteiger partial charge in [-0.1, -0.05) is 27.7 Å². The molecule has 0 spiro atoms. The van der Waals surface area contributed by atoms with Crippen LogP contribution in [0.25, 0.3) is 33.2 Å². The Balaban J connectivity index is 0.816. The minimum Gasteiger partial charge on any atom is -0.508 e. The van der Waals surface area contributed by atoms with Crippen molar-refractivity contribution in [2.45, 2.75) is 97.4 Å². The van der Waals surface area contributed by atoms with E-state index < -0.39 is 23.7 Å². The first kappa shape index (κ1) is 44.0. The Morgan fingerprint density at radius 3 is 2.50 bits per heavy atom. The summed E-state index contributed by atoms with van der Waals surface area (Å²) in [4.78, 5) is 60.2. The van der Waals surface area contributed by atoms with Crippen LogP contribution in [0.3, 0.4) is 0 Å². The lowest BCUT2D eigenvalue weighted by Crippen LogP contribution is -2.44. The van der Waals surface area contributed by atoms with E-state index in [1.165, 1.54) is 12.1 Å². The number of esters is 1. The number of carbonyl (C=O) groups is 3. The van der Waals surface area contributed by atoms with Crippen molar-refractivity contribution >= 4 is 51.4 Å². The number of amidine groups is 1. The smallest absolute Gasteiger partial charge is 0.415 e. The van der Waals surface area contributed by atoms with Crippen molar-refractivity contribution in [1.82, 2.24) is 19.0 Å². The van der Waals surface area contributed by atoms with Gasteiger partial charge in [-0.25, -0.2) is 24.3 Å². The Bertz CT molecular complexity index is 3060. The molecule has 3 amide bonds. The molecule has 3 aliphatic heterocycles. The molecule has 66 heavy (non-hydrogen) atoms. The number of likely N-dealkylation sites (tertiary alicyclic amines) is 1. The van der Waals surface area contributed by atoms with Crippen molar-refractivity contribution in [3.63, 3.8) is 0 Å². The van der Waals surface area contributed by atoms with Crippen molar-refractivity contribution in [3.8, 4) is 28.6 Å². The van der Waals surface area contributed by atoms with Crippen LogP contribution in [-0.4, -0.2) is 71.4 Å². The van der Waals surface area contributed by atoms with Crippen LogP contribution in [-0.2, 0) is 41.2 Å². The van der Waals surface area contributed by atoms with E-state index in [1.807, 2.05) is 51.2 Å². The van der Waals surface area contributed by atoms with Crippen LogP contribution in [0.2, 0.25) is 0 Å². The monoisotopic (exact) mass is 895 g/mol. The second-order valence-electron chi connectivity index (χ2n) is 17.9. The largest absolute Gasteiger partial charge is 0.508 e. The Labute approximate surface area is 380 Å². The molecule has 1 fully saturated rings. The number of aromatic hydroxyl groups is 2. The highest BCUT2D eigenvalue weighted by Gasteiger charge is 2.45. The first-order valence-corrected chi connectivity index (χ1v) is 22.5. The van der Waals surface area contributed by atoms with Gasteiger partial charge in [0.25, 0.3) is 5.56 Å². The van der Waals surface area contributed by atoms with Crippen molar-refractivity contribution < 1.29 is 39.2 Å². The topological polar surface area (TPSA) is 227 Å². The number of nitrogens with zero attached hydrogens (tertiary/aromatic N) is 5. The molecule has 3 aliphatic rings. The summed E-state index contributed by atoms with van der Waals surface area (Å²) >= 11 is 0. The van der Waals surface area contributed by atoms with Crippen LogP contribution in [0.4, 0.5) is 15.3 Å².